The number of hydrogen-bond donors (Lipinski definition) is 2. The first-order valence-corrected chi connectivity index (χ1v) is 5.94. The zero-order valence-electron chi connectivity index (χ0n) is 10.0. The quantitative estimate of drug-likeness (QED) is 0.833. The molecule has 5 heteroatoms. The van der Waals surface area contributed by atoms with E-state index >= 15 is 0 Å². The van der Waals surface area contributed by atoms with Crippen molar-refractivity contribution in [1.82, 2.24) is 9.97 Å². The van der Waals surface area contributed by atoms with Crippen LogP contribution in [0.5, 0.6) is 0 Å². The van der Waals surface area contributed by atoms with Crippen molar-refractivity contribution in [2.45, 2.75) is 38.0 Å². The molecule has 0 atom stereocenters. The highest BCUT2D eigenvalue weighted by molar-refractivity contribution is 5.66. The Morgan fingerprint density at radius 1 is 1.59 bits per heavy atom. The van der Waals surface area contributed by atoms with Gasteiger partial charge < -0.3 is 14.8 Å². The first kappa shape index (κ1) is 12.1. The van der Waals surface area contributed by atoms with Crippen molar-refractivity contribution >= 4 is 5.97 Å². The summed E-state index contributed by atoms with van der Waals surface area (Å²) in [7, 11) is 0. The van der Waals surface area contributed by atoms with E-state index in [0.29, 0.717) is 6.42 Å². The third-order valence-corrected chi connectivity index (χ3v) is 3.45. The molecule has 1 aliphatic rings. The van der Waals surface area contributed by atoms with Crippen molar-refractivity contribution in [3.05, 3.63) is 17.7 Å². The van der Waals surface area contributed by atoms with Gasteiger partial charge >= 0.3 is 5.97 Å². The zero-order valence-corrected chi connectivity index (χ0v) is 10.0. The summed E-state index contributed by atoms with van der Waals surface area (Å²) >= 11 is 0. The minimum Gasteiger partial charge on any atom is -0.481 e. The zero-order chi connectivity index (χ0) is 12.3. The van der Waals surface area contributed by atoms with Gasteiger partial charge in [-0.05, 0) is 12.8 Å². The second-order valence-electron chi connectivity index (χ2n) is 4.81. The fourth-order valence-corrected chi connectivity index (χ4v) is 2.11. The van der Waals surface area contributed by atoms with Gasteiger partial charge in [-0.15, -0.1) is 0 Å². The number of hydrogen-bond acceptors (Lipinski definition) is 3. The predicted molar refractivity (Wildman–Crippen MR) is 61.9 cm³/mol. The lowest BCUT2D eigenvalue weighted by Crippen LogP contribution is -2.31. The number of aromatic amines is 1. The summed E-state index contributed by atoms with van der Waals surface area (Å²) in [5.74, 6) is -0.0321. The highest BCUT2D eigenvalue weighted by Gasteiger charge is 2.31. The molecule has 0 spiro atoms. The second kappa shape index (κ2) is 4.87. The lowest BCUT2D eigenvalue weighted by Gasteiger charge is -2.32. The summed E-state index contributed by atoms with van der Waals surface area (Å²) in [6.07, 6.45) is 4.37. The summed E-state index contributed by atoms with van der Waals surface area (Å²) < 4.78 is 5.36. The van der Waals surface area contributed by atoms with E-state index in [2.05, 4.69) is 16.9 Å². The molecule has 0 saturated carbocycles. The van der Waals surface area contributed by atoms with Crippen LogP contribution in [0.3, 0.4) is 0 Å². The van der Waals surface area contributed by atoms with E-state index in [1.165, 1.54) is 0 Å². The lowest BCUT2D eigenvalue weighted by atomic mass is 9.80. The van der Waals surface area contributed by atoms with Gasteiger partial charge in [-0.3, -0.25) is 4.79 Å². The molecule has 2 heterocycles. The molecule has 0 aromatic carbocycles. The number of carbonyl (C=O) groups is 1. The molecule has 2 rings (SSSR count). The van der Waals surface area contributed by atoms with Crippen molar-refractivity contribution < 1.29 is 14.6 Å². The number of carboxylic acid groups (broad SMARTS) is 1. The van der Waals surface area contributed by atoms with Crippen LogP contribution in [0.1, 0.15) is 37.7 Å². The van der Waals surface area contributed by atoms with Crippen LogP contribution in [0, 0.1) is 0 Å². The number of aryl methyl sites for hydroxylation is 1. The number of nitrogens with one attached hydrogen (secondary N) is 1. The van der Waals surface area contributed by atoms with Gasteiger partial charge in [-0.1, -0.05) is 6.92 Å². The summed E-state index contributed by atoms with van der Waals surface area (Å²) in [4.78, 5) is 18.0. The van der Waals surface area contributed by atoms with E-state index in [1.807, 2.05) is 6.20 Å². The standard InChI is InChI=1S/C12H18N2O3/c1-12(4-6-17-7-5-12)9-8-13-10(14-9)2-3-11(15)16/h8H,2-7H2,1H3,(H,13,14)(H,15,16). The Morgan fingerprint density at radius 3 is 2.94 bits per heavy atom. The fourth-order valence-electron chi connectivity index (χ4n) is 2.11. The van der Waals surface area contributed by atoms with Crippen LogP contribution in [0.4, 0.5) is 0 Å². The van der Waals surface area contributed by atoms with Crippen LogP contribution in [-0.4, -0.2) is 34.3 Å². The Labute approximate surface area is 100 Å². The average Bonchev–Trinajstić information content (AvgIpc) is 2.76. The molecule has 0 amide bonds. The van der Waals surface area contributed by atoms with Gasteiger partial charge in [0.05, 0.1) is 6.42 Å². The highest BCUT2D eigenvalue weighted by Crippen LogP contribution is 2.32. The summed E-state index contributed by atoms with van der Waals surface area (Å²) in [5, 5.41) is 8.62. The van der Waals surface area contributed by atoms with Gasteiger partial charge in [0.25, 0.3) is 0 Å². The van der Waals surface area contributed by atoms with E-state index in [4.69, 9.17) is 9.84 Å². The molecule has 1 aromatic rings. The van der Waals surface area contributed by atoms with E-state index in [0.717, 1.165) is 37.6 Å². The van der Waals surface area contributed by atoms with Crippen LogP contribution in [-0.2, 0) is 21.4 Å². The number of ether oxygens (including phenoxy) is 1. The van der Waals surface area contributed by atoms with E-state index < -0.39 is 5.97 Å². The minimum atomic E-state index is -0.791. The van der Waals surface area contributed by atoms with E-state index in [9.17, 15) is 4.79 Å². The number of rotatable bonds is 4. The van der Waals surface area contributed by atoms with Crippen LogP contribution >= 0.6 is 0 Å². The monoisotopic (exact) mass is 238 g/mol. The molecule has 17 heavy (non-hydrogen) atoms. The first-order valence-electron chi connectivity index (χ1n) is 5.94. The maximum atomic E-state index is 10.5. The third-order valence-electron chi connectivity index (χ3n) is 3.45. The van der Waals surface area contributed by atoms with Gasteiger partial charge in [0, 0.05) is 36.9 Å². The van der Waals surface area contributed by atoms with Gasteiger partial charge in [0.15, 0.2) is 0 Å². The van der Waals surface area contributed by atoms with Crippen LogP contribution < -0.4 is 0 Å². The van der Waals surface area contributed by atoms with Crippen molar-refractivity contribution in [2.75, 3.05) is 13.2 Å². The molecular weight excluding hydrogens is 220 g/mol. The average molecular weight is 238 g/mol. The van der Waals surface area contributed by atoms with Gasteiger partial charge in [0.1, 0.15) is 5.82 Å². The number of nitrogens with zero attached hydrogens (tertiary/aromatic N) is 1. The molecule has 1 fully saturated rings. The van der Waals surface area contributed by atoms with E-state index in [-0.39, 0.29) is 11.8 Å². The minimum absolute atomic E-state index is 0.0900. The maximum Gasteiger partial charge on any atom is 0.303 e. The molecule has 1 aliphatic heterocycles. The normalized spacial score (nSPS) is 19.1. The maximum absolute atomic E-state index is 10.5. The van der Waals surface area contributed by atoms with Crippen molar-refractivity contribution in [1.29, 1.82) is 0 Å². The first-order chi connectivity index (χ1) is 8.10. The Balaban J connectivity index is 2.03. The molecule has 0 bridgehead atoms. The highest BCUT2D eigenvalue weighted by atomic mass is 16.5. The molecule has 1 saturated heterocycles. The SMILES string of the molecule is CC1(c2cnc(CCC(=O)O)[nH]2)CCOCC1. The Bertz CT molecular complexity index is 394. The number of imidazole rings is 1. The van der Waals surface area contributed by atoms with Gasteiger partial charge in [-0.2, -0.15) is 0 Å². The Morgan fingerprint density at radius 2 is 2.29 bits per heavy atom. The van der Waals surface area contributed by atoms with Crippen molar-refractivity contribution in [3.63, 3.8) is 0 Å². The smallest absolute Gasteiger partial charge is 0.303 e. The second-order valence-corrected chi connectivity index (χ2v) is 4.81. The molecule has 94 valence electrons. The molecule has 0 radical (unpaired) electrons. The van der Waals surface area contributed by atoms with Gasteiger partial charge in [0.2, 0.25) is 0 Å². The number of aliphatic carboxylic acids is 1. The molecule has 0 aliphatic carbocycles. The van der Waals surface area contributed by atoms with Crippen LogP contribution in [0.15, 0.2) is 6.20 Å². The molecular formula is C12H18N2O3. The predicted octanol–water partition coefficient (Wildman–Crippen LogP) is 1.50. The van der Waals surface area contributed by atoms with Crippen LogP contribution in [0.2, 0.25) is 0 Å². The summed E-state index contributed by atoms with van der Waals surface area (Å²) in [6, 6.07) is 0. The number of H-pyrrole nitrogens is 1. The molecule has 0 unspecified atom stereocenters. The fraction of sp³-hybridized carbons (Fsp3) is 0.667. The van der Waals surface area contributed by atoms with E-state index in [1.54, 1.807) is 0 Å². The van der Waals surface area contributed by atoms with Crippen molar-refractivity contribution in [2.24, 2.45) is 0 Å². The lowest BCUT2D eigenvalue weighted by molar-refractivity contribution is -0.137. The molecule has 2 N–H and O–H groups in total. The van der Waals surface area contributed by atoms with Gasteiger partial charge in [-0.25, -0.2) is 4.98 Å². The summed E-state index contributed by atoms with van der Waals surface area (Å²) in [6.45, 7) is 3.75. The number of aromatic nitrogens is 2. The molecule has 1 aromatic heterocycles. The number of carboxylic acids is 1. The Hall–Kier alpha value is -1.36. The largest absolute Gasteiger partial charge is 0.481 e. The summed E-state index contributed by atoms with van der Waals surface area (Å²) in [5.41, 5.74) is 1.19. The van der Waals surface area contributed by atoms with Crippen molar-refractivity contribution in [3.8, 4) is 0 Å². The third kappa shape index (κ3) is 2.85. The molecule has 5 nitrogen and oxygen atoms in total. The van der Waals surface area contributed by atoms with Crippen LogP contribution in [0.25, 0.3) is 0 Å². The topological polar surface area (TPSA) is 75.2 Å². The Kier molecular flexibility index (Phi) is 3.47.